The van der Waals surface area contributed by atoms with Crippen LogP contribution in [0.3, 0.4) is 0 Å². The summed E-state index contributed by atoms with van der Waals surface area (Å²) in [5, 5.41) is 0. The molecule has 0 spiro atoms. The lowest BCUT2D eigenvalue weighted by atomic mass is 10.3. The van der Waals surface area contributed by atoms with Crippen LogP contribution in [0.1, 0.15) is 0 Å². The van der Waals surface area contributed by atoms with Crippen LogP contribution in [-0.2, 0) is 0 Å². The summed E-state index contributed by atoms with van der Waals surface area (Å²) in [6, 6.07) is 8.38. The number of fused-ring (bicyclic) bond motifs is 1. The van der Waals surface area contributed by atoms with Crippen LogP contribution in [-0.4, -0.2) is 19.1 Å². The molecule has 2 aromatic rings. The van der Waals surface area contributed by atoms with Gasteiger partial charge < -0.3 is 9.32 Å². The summed E-state index contributed by atoms with van der Waals surface area (Å²) in [6.07, 6.45) is 0. The van der Waals surface area contributed by atoms with Crippen molar-refractivity contribution in [3.05, 3.63) is 24.3 Å². The van der Waals surface area contributed by atoms with Gasteiger partial charge in [-0.05, 0) is 12.1 Å². The topological polar surface area (TPSA) is 29.3 Å². The first-order valence-electron chi connectivity index (χ1n) is 3.80. The molecular weight excluding hydrogens is 152 g/mol. The molecule has 0 saturated carbocycles. The number of nitrogens with zero attached hydrogens (tertiary/aromatic N) is 2. The zero-order chi connectivity index (χ0) is 8.55. The second-order valence-corrected chi connectivity index (χ2v) is 2.86. The van der Waals surface area contributed by atoms with Gasteiger partial charge in [-0.25, -0.2) is 0 Å². The van der Waals surface area contributed by atoms with Gasteiger partial charge >= 0.3 is 0 Å². The largest absolute Gasteiger partial charge is 0.423 e. The summed E-state index contributed by atoms with van der Waals surface area (Å²) in [5.74, 6) is 0. The van der Waals surface area contributed by atoms with Gasteiger partial charge in [0.2, 0.25) is 0 Å². The van der Waals surface area contributed by atoms with Crippen molar-refractivity contribution in [3.63, 3.8) is 0 Å². The molecule has 0 saturated heterocycles. The normalized spacial score (nSPS) is 10.5. The van der Waals surface area contributed by atoms with Crippen LogP contribution in [0.15, 0.2) is 28.7 Å². The molecule has 1 aromatic carbocycles. The van der Waals surface area contributed by atoms with Crippen molar-refractivity contribution in [2.24, 2.45) is 0 Å². The van der Waals surface area contributed by atoms with Gasteiger partial charge in [-0.15, -0.1) is 0 Å². The van der Waals surface area contributed by atoms with E-state index in [9.17, 15) is 0 Å². The van der Waals surface area contributed by atoms with E-state index in [0.29, 0.717) is 6.01 Å². The number of rotatable bonds is 1. The van der Waals surface area contributed by atoms with Crippen molar-refractivity contribution in [2.45, 2.75) is 0 Å². The maximum Gasteiger partial charge on any atom is 0.297 e. The van der Waals surface area contributed by atoms with Crippen LogP contribution in [0.4, 0.5) is 6.01 Å². The van der Waals surface area contributed by atoms with E-state index in [0.717, 1.165) is 11.1 Å². The minimum absolute atomic E-state index is 0.649. The lowest BCUT2D eigenvalue weighted by Crippen LogP contribution is -2.08. The summed E-state index contributed by atoms with van der Waals surface area (Å²) in [6.45, 7) is 0. The summed E-state index contributed by atoms with van der Waals surface area (Å²) in [7, 11) is 3.81. The lowest BCUT2D eigenvalue weighted by Gasteiger charge is -2.03. The molecule has 12 heavy (non-hydrogen) atoms. The third-order valence-corrected chi connectivity index (χ3v) is 1.67. The Balaban J connectivity index is 2.62. The quantitative estimate of drug-likeness (QED) is 0.641. The van der Waals surface area contributed by atoms with Gasteiger partial charge in [-0.1, -0.05) is 12.1 Å². The zero-order valence-corrected chi connectivity index (χ0v) is 7.11. The zero-order valence-electron chi connectivity index (χ0n) is 7.11. The van der Waals surface area contributed by atoms with Gasteiger partial charge in [0.15, 0.2) is 5.58 Å². The van der Waals surface area contributed by atoms with Gasteiger partial charge in [0.05, 0.1) is 0 Å². The Hall–Kier alpha value is -1.51. The highest BCUT2D eigenvalue weighted by molar-refractivity contribution is 5.74. The van der Waals surface area contributed by atoms with Crippen molar-refractivity contribution < 1.29 is 4.42 Å². The molecular formula is C9H10N2O. The number of para-hydroxylation sites is 2. The van der Waals surface area contributed by atoms with Gasteiger partial charge in [0.1, 0.15) is 5.52 Å². The Morgan fingerprint density at radius 2 is 2.00 bits per heavy atom. The van der Waals surface area contributed by atoms with Crippen LogP contribution in [0.25, 0.3) is 11.1 Å². The van der Waals surface area contributed by atoms with Gasteiger partial charge in [-0.2, -0.15) is 4.98 Å². The highest BCUT2D eigenvalue weighted by atomic mass is 16.4. The fourth-order valence-corrected chi connectivity index (χ4v) is 1.05. The number of aromatic nitrogens is 1. The summed E-state index contributed by atoms with van der Waals surface area (Å²) >= 11 is 0. The molecule has 1 heterocycles. The second-order valence-electron chi connectivity index (χ2n) is 2.86. The summed E-state index contributed by atoms with van der Waals surface area (Å²) < 4.78 is 5.44. The first kappa shape index (κ1) is 7.16. The standard InChI is InChI=1S/C9H10N2O/c1-11(2)9-10-7-5-3-4-6-8(7)12-9/h3-6H,1-2H3. The van der Waals surface area contributed by atoms with Crippen LogP contribution in [0, 0.1) is 0 Å². The number of anilines is 1. The number of hydrogen-bond donors (Lipinski definition) is 0. The lowest BCUT2D eigenvalue weighted by molar-refractivity contribution is 0.597. The Morgan fingerprint density at radius 1 is 1.25 bits per heavy atom. The van der Waals surface area contributed by atoms with Crippen molar-refractivity contribution in [3.8, 4) is 0 Å². The van der Waals surface area contributed by atoms with E-state index in [1.807, 2.05) is 43.3 Å². The smallest absolute Gasteiger partial charge is 0.297 e. The van der Waals surface area contributed by atoms with Crippen LogP contribution >= 0.6 is 0 Å². The van der Waals surface area contributed by atoms with E-state index in [4.69, 9.17) is 4.42 Å². The van der Waals surface area contributed by atoms with Gasteiger partial charge in [0, 0.05) is 14.1 Å². The molecule has 0 radical (unpaired) electrons. The van der Waals surface area contributed by atoms with Gasteiger partial charge in [-0.3, -0.25) is 0 Å². The Morgan fingerprint density at radius 3 is 2.67 bits per heavy atom. The molecule has 0 unspecified atom stereocenters. The van der Waals surface area contributed by atoms with Crippen LogP contribution in [0.2, 0.25) is 0 Å². The molecule has 0 bridgehead atoms. The molecule has 0 N–H and O–H groups in total. The van der Waals surface area contributed by atoms with E-state index < -0.39 is 0 Å². The highest BCUT2D eigenvalue weighted by Crippen LogP contribution is 2.19. The highest BCUT2D eigenvalue weighted by Gasteiger charge is 2.04. The maximum absolute atomic E-state index is 5.44. The Labute approximate surface area is 70.6 Å². The third kappa shape index (κ3) is 1.03. The average Bonchev–Trinajstić information content (AvgIpc) is 2.46. The SMILES string of the molecule is CN(C)c1nc2ccccc2o1. The molecule has 0 aliphatic carbocycles. The fourth-order valence-electron chi connectivity index (χ4n) is 1.05. The second kappa shape index (κ2) is 2.52. The summed E-state index contributed by atoms with van der Waals surface area (Å²) in [4.78, 5) is 6.12. The van der Waals surface area contributed by atoms with Crippen LogP contribution in [0.5, 0.6) is 0 Å². The van der Waals surface area contributed by atoms with Crippen molar-refractivity contribution in [2.75, 3.05) is 19.0 Å². The molecule has 0 aliphatic rings. The molecule has 2 rings (SSSR count). The molecule has 0 atom stereocenters. The molecule has 62 valence electrons. The maximum atomic E-state index is 5.44. The number of benzene rings is 1. The van der Waals surface area contributed by atoms with E-state index in [1.165, 1.54) is 0 Å². The van der Waals surface area contributed by atoms with Crippen molar-refractivity contribution >= 4 is 17.1 Å². The molecule has 1 aromatic heterocycles. The van der Waals surface area contributed by atoms with Crippen molar-refractivity contribution in [1.29, 1.82) is 0 Å². The molecule has 0 fully saturated rings. The molecule has 0 aliphatic heterocycles. The predicted octanol–water partition coefficient (Wildman–Crippen LogP) is 1.89. The summed E-state index contributed by atoms with van der Waals surface area (Å²) in [5.41, 5.74) is 1.74. The Bertz CT molecular complexity index is 359. The molecule has 3 nitrogen and oxygen atoms in total. The van der Waals surface area contributed by atoms with Crippen molar-refractivity contribution in [1.82, 2.24) is 4.98 Å². The molecule has 0 amide bonds. The minimum Gasteiger partial charge on any atom is -0.423 e. The van der Waals surface area contributed by atoms with E-state index in [2.05, 4.69) is 4.98 Å². The predicted molar refractivity (Wildman–Crippen MR) is 48.3 cm³/mol. The first-order chi connectivity index (χ1) is 5.77. The average molecular weight is 162 g/mol. The van der Waals surface area contributed by atoms with E-state index >= 15 is 0 Å². The minimum atomic E-state index is 0.649. The number of oxazole rings is 1. The number of hydrogen-bond acceptors (Lipinski definition) is 3. The molecule has 3 heteroatoms. The first-order valence-corrected chi connectivity index (χ1v) is 3.80. The van der Waals surface area contributed by atoms with E-state index in [-0.39, 0.29) is 0 Å². The van der Waals surface area contributed by atoms with Crippen LogP contribution < -0.4 is 4.90 Å². The Kier molecular flexibility index (Phi) is 1.50. The monoisotopic (exact) mass is 162 g/mol. The third-order valence-electron chi connectivity index (χ3n) is 1.67. The van der Waals surface area contributed by atoms with Gasteiger partial charge in [0.25, 0.3) is 6.01 Å². The van der Waals surface area contributed by atoms with E-state index in [1.54, 1.807) is 0 Å². The fraction of sp³-hybridized carbons (Fsp3) is 0.222.